The van der Waals surface area contributed by atoms with Crippen LogP contribution in [-0.2, 0) is 18.4 Å². The zero-order valence-corrected chi connectivity index (χ0v) is 18.1. The largest absolute Gasteiger partial charge is 0.350 e. The van der Waals surface area contributed by atoms with Gasteiger partial charge in [0.15, 0.2) is 0 Å². The van der Waals surface area contributed by atoms with Crippen LogP contribution in [0, 0.1) is 6.92 Å². The Hall–Kier alpha value is -4.12. The lowest BCUT2D eigenvalue weighted by Gasteiger charge is -2.11. The molecule has 4 aromatic rings. The molecule has 1 aromatic heterocycles. The quantitative estimate of drug-likeness (QED) is 0.446. The van der Waals surface area contributed by atoms with E-state index in [0.717, 1.165) is 27.6 Å². The first-order chi connectivity index (χ1) is 15.5. The average Bonchev–Trinajstić information content (AvgIpc) is 3.13. The number of para-hydroxylation sites is 1. The Balaban J connectivity index is 1.65. The van der Waals surface area contributed by atoms with Gasteiger partial charge in [0.25, 0.3) is 11.8 Å². The van der Waals surface area contributed by atoms with Gasteiger partial charge in [-0.1, -0.05) is 66.2 Å². The summed E-state index contributed by atoms with van der Waals surface area (Å²) in [6, 6.07) is 24.9. The predicted molar refractivity (Wildman–Crippen MR) is 128 cm³/mol. The number of aryl methyl sites for hydroxylation is 2. The van der Waals surface area contributed by atoms with Crippen LogP contribution in [0.15, 0.2) is 90.8 Å². The molecule has 0 saturated heterocycles. The first kappa shape index (κ1) is 21.1. The molecule has 0 radical (unpaired) electrons. The van der Waals surface area contributed by atoms with Crippen LogP contribution in [0.25, 0.3) is 17.0 Å². The van der Waals surface area contributed by atoms with Crippen LogP contribution >= 0.6 is 0 Å². The molecule has 32 heavy (non-hydrogen) atoms. The third-order valence-electron chi connectivity index (χ3n) is 5.33. The van der Waals surface area contributed by atoms with E-state index in [1.807, 2.05) is 91.5 Å². The van der Waals surface area contributed by atoms with Gasteiger partial charge in [0.2, 0.25) is 0 Å². The number of nitrogens with zero attached hydrogens (tertiary/aromatic N) is 1. The molecule has 0 bridgehead atoms. The van der Waals surface area contributed by atoms with Gasteiger partial charge in [-0.15, -0.1) is 0 Å². The van der Waals surface area contributed by atoms with Crippen molar-refractivity contribution in [2.75, 3.05) is 0 Å². The van der Waals surface area contributed by atoms with E-state index in [4.69, 9.17) is 0 Å². The number of hydrogen-bond acceptors (Lipinski definition) is 2. The molecule has 4 rings (SSSR count). The van der Waals surface area contributed by atoms with Crippen molar-refractivity contribution in [3.05, 3.63) is 113 Å². The summed E-state index contributed by atoms with van der Waals surface area (Å²) >= 11 is 0. The number of rotatable bonds is 6. The number of benzene rings is 3. The minimum Gasteiger partial charge on any atom is -0.350 e. The van der Waals surface area contributed by atoms with Gasteiger partial charge in [0.05, 0.1) is 0 Å². The second-order valence-corrected chi connectivity index (χ2v) is 7.76. The normalized spacial score (nSPS) is 11.4. The van der Waals surface area contributed by atoms with Crippen LogP contribution in [-0.4, -0.2) is 16.4 Å². The zero-order chi connectivity index (χ0) is 22.5. The van der Waals surface area contributed by atoms with Gasteiger partial charge < -0.3 is 15.2 Å². The standard InChI is InChI=1S/C27H25N3O2/c1-19-12-14-21(15-13-19)26(31)29-24(27(32)28-17-20-8-4-3-5-9-20)16-22-18-30(2)25-11-7-6-10-23(22)25/h3-16,18H,17H2,1-2H3,(H,28,32)(H,29,31)/b24-16+. The first-order valence-corrected chi connectivity index (χ1v) is 10.5. The molecule has 0 saturated carbocycles. The summed E-state index contributed by atoms with van der Waals surface area (Å²) in [4.78, 5) is 26.0. The summed E-state index contributed by atoms with van der Waals surface area (Å²) in [6.45, 7) is 2.33. The van der Waals surface area contributed by atoms with Crippen LogP contribution in [0.3, 0.4) is 0 Å². The first-order valence-electron chi connectivity index (χ1n) is 10.5. The zero-order valence-electron chi connectivity index (χ0n) is 18.1. The van der Waals surface area contributed by atoms with Crippen LogP contribution in [0.1, 0.15) is 27.0 Å². The Kier molecular flexibility index (Phi) is 6.17. The maximum Gasteiger partial charge on any atom is 0.268 e. The maximum atomic E-state index is 13.1. The molecule has 0 aliphatic heterocycles. The van der Waals surface area contributed by atoms with E-state index in [2.05, 4.69) is 10.6 Å². The fourth-order valence-electron chi connectivity index (χ4n) is 3.57. The summed E-state index contributed by atoms with van der Waals surface area (Å²) in [7, 11) is 1.96. The fraction of sp³-hybridized carbons (Fsp3) is 0.111. The maximum absolute atomic E-state index is 13.1. The molecule has 0 spiro atoms. The lowest BCUT2D eigenvalue weighted by atomic mass is 10.1. The summed E-state index contributed by atoms with van der Waals surface area (Å²) in [5, 5.41) is 6.73. The van der Waals surface area contributed by atoms with Gasteiger partial charge in [-0.05, 0) is 36.8 Å². The van der Waals surface area contributed by atoms with Crippen molar-refractivity contribution >= 4 is 28.8 Å². The molecule has 160 valence electrons. The predicted octanol–water partition coefficient (Wildman–Crippen LogP) is 4.57. The highest BCUT2D eigenvalue weighted by molar-refractivity contribution is 6.06. The fourth-order valence-corrected chi connectivity index (χ4v) is 3.57. The Bertz CT molecular complexity index is 1290. The van der Waals surface area contributed by atoms with Crippen molar-refractivity contribution in [3.63, 3.8) is 0 Å². The number of aromatic nitrogens is 1. The number of nitrogens with one attached hydrogen (secondary N) is 2. The number of carbonyl (C=O) groups excluding carboxylic acids is 2. The SMILES string of the molecule is Cc1ccc(C(=O)N/C(=C/c2cn(C)c3ccccc23)C(=O)NCc2ccccc2)cc1. The van der Waals surface area contributed by atoms with Crippen molar-refractivity contribution in [1.29, 1.82) is 0 Å². The van der Waals surface area contributed by atoms with Gasteiger partial charge in [0, 0.05) is 41.8 Å². The van der Waals surface area contributed by atoms with Gasteiger partial charge >= 0.3 is 0 Å². The molecular weight excluding hydrogens is 398 g/mol. The number of hydrogen-bond donors (Lipinski definition) is 2. The molecule has 2 N–H and O–H groups in total. The molecule has 5 heteroatoms. The van der Waals surface area contributed by atoms with E-state index in [0.29, 0.717) is 12.1 Å². The summed E-state index contributed by atoms with van der Waals surface area (Å²) in [5.74, 6) is -0.673. The lowest BCUT2D eigenvalue weighted by Crippen LogP contribution is -2.34. The number of fused-ring (bicyclic) bond motifs is 1. The van der Waals surface area contributed by atoms with E-state index >= 15 is 0 Å². The average molecular weight is 424 g/mol. The van der Waals surface area contributed by atoms with Gasteiger partial charge in [-0.25, -0.2) is 0 Å². The molecule has 3 aromatic carbocycles. The highest BCUT2D eigenvalue weighted by Crippen LogP contribution is 2.22. The Morgan fingerprint density at radius 3 is 2.34 bits per heavy atom. The van der Waals surface area contributed by atoms with Crippen LogP contribution in [0.4, 0.5) is 0 Å². The van der Waals surface area contributed by atoms with Crippen molar-refractivity contribution in [2.24, 2.45) is 7.05 Å². The lowest BCUT2D eigenvalue weighted by molar-refractivity contribution is -0.117. The smallest absolute Gasteiger partial charge is 0.268 e. The molecule has 0 atom stereocenters. The molecule has 1 heterocycles. The minimum absolute atomic E-state index is 0.197. The Labute approximate surface area is 187 Å². The van der Waals surface area contributed by atoms with E-state index in [9.17, 15) is 9.59 Å². The molecular formula is C27H25N3O2. The summed E-state index contributed by atoms with van der Waals surface area (Å²) in [5.41, 5.74) is 4.65. The van der Waals surface area contributed by atoms with Gasteiger partial charge in [-0.3, -0.25) is 9.59 Å². The Morgan fingerprint density at radius 1 is 0.906 bits per heavy atom. The van der Waals surface area contributed by atoms with Crippen molar-refractivity contribution in [2.45, 2.75) is 13.5 Å². The molecule has 0 fully saturated rings. The second-order valence-electron chi connectivity index (χ2n) is 7.76. The molecule has 0 aliphatic carbocycles. The molecule has 2 amide bonds. The van der Waals surface area contributed by atoms with Crippen LogP contribution in [0.5, 0.6) is 0 Å². The third-order valence-corrected chi connectivity index (χ3v) is 5.33. The van der Waals surface area contributed by atoms with Crippen molar-refractivity contribution in [1.82, 2.24) is 15.2 Å². The molecule has 0 unspecified atom stereocenters. The number of amides is 2. The van der Waals surface area contributed by atoms with Crippen LogP contribution in [0.2, 0.25) is 0 Å². The van der Waals surface area contributed by atoms with E-state index < -0.39 is 0 Å². The van der Waals surface area contributed by atoms with E-state index in [1.54, 1.807) is 18.2 Å². The topological polar surface area (TPSA) is 63.1 Å². The summed E-state index contributed by atoms with van der Waals surface area (Å²) < 4.78 is 2.00. The van der Waals surface area contributed by atoms with E-state index in [1.165, 1.54) is 0 Å². The van der Waals surface area contributed by atoms with Crippen molar-refractivity contribution < 1.29 is 9.59 Å². The summed E-state index contributed by atoms with van der Waals surface area (Å²) in [6.07, 6.45) is 3.68. The Morgan fingerprint density at radius 2 is 1.59 bits per heavy atom. The highest BCUT2D eigenvalue weighted by atomic mass is 16.2. The van der Waals surface area contributed by atoms with E-state index in [-0.39, 0.29) is 17.5 Å². The van der Waals surface area contributed by atoms with Crippen LogP contribution < -0.4 is 10.6 Å². The highest BCUT2D eigenvalue weighted by Gasteiger charge is 2.16. The van der Waals surface area contributed by atoms with Gasteiger partial charge in [-0.2, -0.15) is 0 Å². The second kappa shape index (κ2) is 9.35. The monoisotopic (exact) mass is 423 g/mol. The third kappa shape index (κ3) is 4.78. The minimum atomic E-state index is -0.345. The molecule has 0 aliphatic rings. The van der Waals surface area contributed by atoms with Crippen molar-refractivity contribution in [3.8, 4) is 0 Å². The number of carbonyl (C=O) groups is 2. The van der Waals surface area contributed by atoms with Gasteiger partial charge in [0.1, 0.15) is 5.70 Å². The molecule has 5 nitrogen and oxygen atoms in total.